The number of halogens is 2. The van der Waals surface area contributed by atoms with Gasteiger partial charge >= 0.3 is 0 Å². The van der Waals surface area contributed by atoms with Crippen molar-refractivity contribution in [2.24, 2.45) is 0 Å². The van der Waals surface area contributed by atoms with Crippen LogP contribution in [-0.2, 0) is 6.42 Å². The van der Waals surface area contributed by atoms with Crippen LogP contribution < -0.4 is 5.32 Å². The molecule has 0 aliphatic heterocycles. The van der Waals surface area contributed by atoms with E-state index >= 15 is 0 Å². The smallest absolute Gasteiger partial charge is 0.255 e. The predicted octanol–water partition coefficient (Wildman–Crippen LogP) is 4.17. The summed E-state index contributed by atoms with van der Waals surface area (Å²) in [6.07, 6.45) is 0.618. The zero-order valence-corrected chi connectivity index (χ0v) is 12.9. The van der Waals surface area contributed by atoms with E-state index in [-0.39, 0.29) is 5.56 Å². The summed E-state index contributed by atoms with van der Waals surface area (Å²) >= 11 is 0. The molecule has 0 bridgehead atoms. The summed E-state index contributed by atoms with van der Waals surface area (Å²) in [6.45, 7) is 1.92. The predicted molar refractivity (Wildman–Crippen MR) is 87.7 cm³/mol. The fourth-order valence-corrected chi connectivity index (χ4v) is 2.44. The average molecular weight is 327 g/mol. The number of aryl methyl sites for hydroxylation is 1. The van der Waals surface area contributed by atoms with Gasteiger partial charge in [0.25, 0.3) is 5.91 Å². The maximum atomic E-state index is 13.3. The van der Waals surface area contributed by atoms with Crippen LogP contribution >= 0.6 is 0 Å². The average Bonchev–Trinajstić information content (AvgIpc) is 2.97. The Morgan fingerprint density at radius 2 is 1.79 bits per heavy atom. The Bertz CT molecular complexity index is 855. The van der Waals surface area contributed by atoms with E-state index in [2.05, 4.69) is 15.5 Å². The second-order valence-corrected chi connectivity index (χ2v) is 5.26. The third kappa shape index (κ3) is 3.17. The van der Waals surface area contributed by atoms with E-state index in [4.69, 9.17) is 0 Å². The number of benzene rings is 2. The number of anilines is 1. The van der Waals surface area contributed by atoms with E-state index in [1.165, 1.54) is 0 Å². The van der Waals surface area contributed by atoms with Gasteiger partial charge in [0.1, 0.15) is 17.3 Å². The Morgan fingerprint density at radius 1 is 1.12 bits per heavy atom. The maximum Gasteiger partial charge on any atom is 0.255 e. The maximum absolute atomic E-state index is 13.3. The summed E-state index contributed by atoms with van der Waals surface area (Å²) < 4.78 is 26.6. The summed E-state index contributed by atoms with van der Waals surface area (Å²) in [4.78, 5) is 12.4. The fourth-order valence-electron chi connectivity index (χ4n) is 2.44. The molecule has 122 valence electrons. The van der Waals surface area contributed by atoms with Crippen molar-refractivity contribution < 1.29 is 13.6 Å². The lowest BCUT2D eigenvalue weighted by molar-refractivity contribution is 0.102. The van der Waals surface area contributed by atoms with Gasteiger partial charge in [-0.15, -0.1) is 0 Å². The minimum absolute atomic E-state index is 0.0882. The summed E-state index contributed by atoms with van der Waals surface area (Å²) in [5.41, 5.74) is 2.57. The molecular formula is C18H15F2N3O. The van der Waals surface area contributed by atoms with Gasteiger partial charge in [-0.3, -0.25) is 9.89 Å². The first-order chi connectivity index (χ1) is 11.6. The van der Waals surface area contributed by atoms with E-state index in [1.807, 2.05) is 37.3 Å². The van der Waals surface area contributed by atoms with Gasteiger partial charge in [0.2, 0.25) is 0 Å². The van der Waals surface area contributed by atoms with Crippen LogP contribution in [0, 0.1) is 11.6 Å². The molecule has 0 atom stereocenters. The van der Waals surface area contributed by atoms with Crippen molar-refractivity contribution in [1.82, 2.24) is 10.2 Å². The molecule has 4 nitrogen and oxygen atoms in total. The van der Waals surface area contributed by atoms with Crippen molar-refractivity contribution in [1.29, 1.82) is 0 Å². The number of carbonyl (C=O) groups excluding carboxylic acids is 1. The molecule has 3 aromatic rings. The van der Waals surface area contributed by atoms with Crippen molar-refractivity contribution >= 4 is 11.6 Å². The van der Waals surface area contributed by atoms with Crippen LogP contribution in [0.1, 0.15) is 23.0 Å². The van der Waals surface area contributed by atoms with Crippen LogP contribution in [-0.4, -0.2) is 16.1 Å². The number of nitrogens with one attached hydrogen (secondary N) is 2. The van der Waals surface area contributed by atoms with Gasteiger partial charge in [0, 0.05) is 17.2 Å². The number of carbonyl (C=O) groups is 1. The van der Waals surface area contributed by atoms with Crippen LogP contribution in [0.3, 0.4) is 0 Å². The van der Waals surface area contributed by atoms with Crippen molar-refractivity contribution in [2.45, 2.75) is 13.3 Å². The van der Waals surface area contributed by atoms with Gasteiger partial charge in [-0.2, -0.15) is 5.10 Å². The van der Waals surface area contributed by atoms with Crippen LogP contribution in [0.4, 0.5) is 14.5 Å². The first-order valence-electron chi connectivity index (χ1n) is 7.48. The SMILES string of the molecule is CCc1[nH]nc(-c2ccccc2)c1NC(=O)c1cc(F)cc(F)c1. The number of nitrogens with zero attached hydrogens (tertiary/aromatic N) is 1. The van der Waals surface area contributed by atoms with Crippen LogP contribution in [0.2, 0.25) is 0 Å². The highest BCUT2D eigenvalue weighted by atomic mass is 19.1. The normalized spacial score (nSPS) is 10.6. The molecule has 24 heavy (non-hydrogen) atoms. The fraction of sp³-hybridized carbons (Fsp3) is 0.111. The minimum Gasteiger partial charge on any atom is -0.319 e. The molecular weight excluding hydrogens is 312 g/mol. The lowest BCUT2D eigenvalue weighted by Gasteiger charge is -2.08. The number of hydrogen-bond donors (Lipinski definition) is 2. The highest BCUT2D eigenvalue weighted by molar-refractivity contribution is 6.06. The summed E-state index contributed by atoms with van der Waals surface area (Å²) in [7, 11) is 0. The van der Waals surface area contributed by atoms with Gasteiger partial charge in [-0.25, -0.2) is 8.78 Å². The van der Waals surface area contributed by atoms with E-state index < -0.39 is 17.5 Å². The third-order valence-electron chi connectivity index (χ3n) is 3.61. The van der Waals surface area contributed by atoms with Crippen LogP contribution in [0.25, 0.3) is 11.3 Å². The van der Waals surface area contributed by atoms with Crippen molar-refractivity contribution in [3.63, 3.8) is 0 Å². The van der Waals surface area contributed by atoms with Gasteiger partial charge in [-0.05, 0) is 18.6 Å². The molecule has 0 aliphatic carbocycles. The third-order valence-corrected chi connectivity index (χ3v) is 3.61. The zero-order valence-electron chi connectivity index (χ0n) is 12.9. The van der Waals surface area contributed by atoms with Gasteiger partial charge < -0.3 is 5.32 Å². The number of hydrogen-bond acceptors (Lipinski definition) is 2. The lowest BCUT2D eigenvalue weighted by atomic mass is 10.1. The molecule has 2 N–H and O–H groups in total. The lowest BCUT2D eigenvalue weighted by Crippen LogP contribution is -2.14. The molecule has 0 saturated heterocycles. The second-order valence-electron chi connectivity index (χ2n) is 5.26. The first kappa shape index (κ1) is 15.9. The molecule has 6 heteroatoms. The standard InChI is InChI=1S/C18H15F2N3O/c1-2-15-17(16(23-22-15)11-6-4-3-5-7-11)21-18(24)12-8-13(19)10-14(20)9-12/h3-10H,2H2,1H3,(H,21,24)(H,22,23). The molecule has 1 aromatic heterocycles. The highest BCUT2D eigenvalue weighted by Gasteiger charge is 2.18. The van der Waals surface area contributed by atoms with Gasteiger partial charge in [-0.1, -0.05) is 37.3 Å². The Balaban J connectivity index is 1.97. The Hall–Kier alpha value is -3.02. The molecule has 2 aromatic carbocycles. The van der Waals surface area contributed by atoms with Crippen molar-refractivity contribution in [3.8, 4) is 11.3 Å². The molecule has 0 spiro atoms. The number of rotatable bonds is 4. The van der Waals surface area contributed by atoms with Gasteiger partial charge in [0.05, 0.1) is 11.4 Å². The molecule has 3 rings (SSSR count). The largest absolute Gasteiger partial charge is 0.319 e. The first-order valence-corrected chi connectivity index (χ1v) is 7.48. The van der Waals surface area contributed by atoms with Gasteiger partial charge in [0.15, 0.2) is 0 Å². The zero-order chi connectivity index (χ0) is 17.1. The summed E-state index contributed by atoms with van der Waals surface area (Å²) in [5.74, 6) is -2.20. The van der Waals surface area contributed by atoms with E-state index in [9.17, 15) is 13.6 Å². The Kier molecular flexibility index (Phi) is 4.37. The number of amides is 1. The highest BCUT2D eigenvalue weighted by Crippen LogP contribution is 2.29. The topological polar surface area (TPSA) is 57.8 Å². The molecule has 0 radical (unpaired) electrons. The quantitative estimate of drug-likeness (QED) is 0.755. The molecule has 0 fully saturated rings. The summed E-state index contributed by atoms with van der Waals surface area (Å²) in [5, 5.41) is 9.85. The molecule has 1 amide bonds. The molecule has 0 aliphatic rings. The second kappa shape index (κ2) is 6.62. The molecule has 0 unspecified atom stereocenters. The monoisotopic (exact) mass is 327 g/mol. The van der Waals surface area contributed by atoms with Crippen LogP contribution in [0.15, 0.2) is 48.5 Å². The summed E-state index contributed by atoms with van der Waals surface area (Å²) in [6, 6.07) is 12.1. The minimum atomic E-state index is -0.800. The molecule has 1 heterocycles. The Labute approximate surface area is 137 Å². The Morgan fingerprint density at radius 3 is 2.42 bits per heavy atom. The van der Waals surface area contributed by atoms with E-state index in [0.717, 1.165) is 29.5 Å². The molecule has 0 saturated carbocycles. The van der Waals surface area contributed by atoms with E-state index in [1.54, 1.807) is 0 Å². The van der Waals surface area contributed by atoms with Crippen molar-refractivity contribution in [2.75, 3.05) is 5.32 Å². The van der Waals surface area contributed by atoms with Crippen LogP contribution in [0.5, 0.6) is 0 Å². The number of aromatic amines is 1. The van der Waals surface area contributed by atoms with E-state index in [0.29, 0.717) is 17.8 Å². The number of H-pyrrole nitrogens is 1. The number of aromatic nitrogens is 2. The van der Waals surface area contributed by atoms with Crippen molar-refractivity contribution in [3.05, 3.63) is 71.4 Å².